The third-order valence-corrected chi connectivity index (χ3v) is 11.1. The molecule has 272 valence electrons. The normalized spacial score (nSPS) is 20.1. The number of carbonyl (C=O) groups is 2. The molecule has 0 unspecified atom stereocenters. The fraction of sp³-hybridized carbons (Fsp3) is 0.268. The maximum absolute atomic E-state index is 13.1. The van der Waals surface area contributed by atoms with Gasteiger partial charge in [0.1, 0.15) is 19.0 Å². The van der Waals surface area contributed by atoms with Gasteiger partial charge >= 0.3 is 11.9 Å². The zero-order valence-electron chi connectivity index (χ0n) is 29.6. The van der Waals surface area contributed by atoms with Crippen LogP contribution in [0.15, 0.2) is 76.3 Å². The number of benzene rings is 2. The first-order valence-corrected chi connectivity index (χ1v) is 17.7. The second kappa shape index (κ2) is 11.9. The van der Waals surface area contributed by atoms with Gasteiger partial charge in [-0.05, 0) is 55.3 Å². The third-order valence-electron chi connectivity index (χ3n) is 11.1. The SMILES string of the molecule is CC[C@@]1(O)C(=O)OCc2c1cc1n(c2=O)Cc2cc3c(OC)cccc3nc2-1.CC[C@@]1(O)C(=O)OCc2c1cc1n(c2=O)Cc2cc3ccccc3nc2-1. The lowest BCUT2D eigenvalue weighted by atomic mass is 9.86. The van der Waals surface area contributed by atoms with E-state index in [9.17, 15) is 29.4 Å². The van der Waals surface area contributed by atoms with Crippen molar-refractivity contribution >= 4 is 33.7 Å². The molecule has 2 atom stereocenters. The number of aliphatic hydroxyl groups is 2. The van der Waals surface area contributed by atoms with Gasteiger partial charge in [-0.25, -0.2) is 19.6 Å². The van der Waals surface area contributed by atoms with Gasteiger partial charge in [-0.15, -0.1) is 0 Å². The summed E-state index contributed by atoms with van der Waals surface area (Å²) in [5, 5.41) is 23.6. The van der Waals surface area contributed by atoms with Crippen LogP contribution >= 0.6 is 0 Å². The molecule has 0 saturated carbocycles. The van der Waals surface area contributed by atoms with Crippen molar-refractivity contribution in [1.82, 2.24) is 19.1 Å². The average molecular weight is 727 g/mol. The van der Waals surface area contributed by atoms with Crippen molar-refractivity contribution in [2.45, 2.75) is 64.2 Å². The summed E-state index contributed by atoms with van der Waals surface area (Å²) >= 11 is 0. The van der Waals surface area contributed by atoms with Crippen LogP contribution < -0.4 is 15.9 Å². The Morgan fingerprint density at radius 1 is 0.704 bits per heavy atom. The Hall–Kier alpha value is -6.18. The average Bonchev–Trinajstić information content (AvgIpc) is 3.74. The molecule has 13 heteroatoms. The highest BCUT2D eigenvalue weighted by Crippen LogP contribution is 2.41. The molecular weight excluding hydrogens is 692 g/mol. The number of methoxy groups -OCH3 is 1. The van der Waals surface area contributed by atoms with E-state index in [1.165, 1.54) is 0 Å². The number of rotatable bonds is 3. The summed E-state index contributed by atoms with van der Waals surface area (Å²) in [5.74, 6) is -0.711. The van der Waals surface area contributed by atoms with E-state index in [1.807, 2.05) is 54.6 Å². The Bertz CT molecular complexity index is 2770. The molecule has 0 fully saturated rings. The maximum atomic E-state index is 13.1. The molecule has 8 heterocycles. The lowest BCUT2D eigenvalue weighted by Gasteiger charge is -2.31. The van der Waals surface area contributed by atoms with Crippen LogP contribution in [0.5, 0.6) is 5.75 Å². The van der Waals surface area contributed by atoms with Crippen LogP contribution in [0.3, 0.4) is 0 Å². The lowest BCUT2D eigenvalue weighted by molar-refractivity contribution is -0.172. The highest BCUT2D eigenvalue weighted by molar-refractivity contribution is 5.90. The van der Waals surface area contributed by atoms with Crippen molar-refractivity contribution in [3.05, 3.63) is 121 Å². The molecule has 0 radical (unpaired) electrons. The zero-order valence-corrected chi connectivity index (χ0v) is 29.6. The number of cyclic esters (lactones) is 2. The molecule has 2 aromatic carbocycles. The van der Waals surface area contributed by atoms with Gasteiger partial charge in [-0.1, -0.05) is 38.1 Å². The first-order chi connectivity index (χ1) is 26.0. The number of para-hydroxylation sites is 1. The molecule has 6 aromatic rings. The number of hydrogen-bond donors (Lipinski definition) is 2. The van der Waals surface area contributed by atoms with E-state index in [1.54, 1.807) is 42.2 Å². The van der Waals surface area contributed by atoms with E-state index < -0.39 is 23.1 Å². The predicted molar refractivity (Wildman–Crippen MR) is 196 cm³/mol. The molecule has 4 aliphatic heterocycles. The van der Waals surface area contributed by atoms with E-state index in [0.29, 0.717) is 52.4 Å². The number of hydrogen-bond acceptors (Lipinski definition) is 11. The largest absolute Gasteiger partial charge is 0.496 e. The summed E-state index contributed by atoms with van der Waals surface area (Å²) in [4.78, 5) is 59.9. The fourth-order valence-electron chi connectivity index (χ4n) is 8.08. The Morgan fingerprint density at radius 2 is 1.22 bits per heavy atom. The molecular formula is C41H34N4O9. The van der Waals surface area contributed by atoms with Crippen LogP contribution in [-0.2, 0) is 56.6 Å². The molecule has 4 aromatic heterocycles. The molecule has 54 heavy (non-hydrogen) atoms. The summed E-state index contributed by atoms with van der Waals surface area (Å²) in [6, 6.07) is 20.9. The molecule has 10 rings (SSSR count). The number of nitrogens with zero attached hydrogens (tertiary/aromatic N) is 4. The Balaban J connectivity index is 0.000000143. The minimum Gasteiger partial charge on any atom is -0.496 e. The van der Waals surface area contributed by atoms with Crippen molar-refractivity contribution in [1.29, 1.82) is 0 Å². The highest BCUT2D eigenvalue weighted by atomic mass is 16.6. The van der Waals surface area contributed by atoms with Gasteiger partial charge < -0.3 is 33.6 Å². The van der Waals surface area contributed by atoms with Crippen molar-refractivity contribution in [2.24, 2.45) is 0 Å². The predicted octanol–water partition coefficient (Wildman–Crippen LogP) is 4.17. The van der Waals surface area contributed by atoms with E-state index in [0.717, 1.165) is 44.4 Å². The molecule has 0 aliphatic carbocycles. The van der Waals surface area contributed by atoms with Crippen LogP contribution in [-0.4, -0.2) is 48.4 Å². The smallest absolute Gasteiger partial charge is 0.343 e. The molecule has 4 aliphatic rings. The van der Waals surface area contributed by atoms with Crippen LogP contribution in [0.4, 0.5) is 0 Å². The lowest BCUT2D eigenvalue weighted by Crippen LogP contribution is -2.44. The topological polar surface area (TPSA) is 172 Å². The molecule has 0 bridgehead atoms. The minimum absolute atomic E-state index is 0.110. The van der Waals surface area contributed by atoms with E-state index in [4.69, 9.17) is 24.2 Å². The Morgan fingerprint density at radius 3 is 1.78 bits per heavy atom. The van der Waals surface area contributed by atoms with Gasteiger partial charge in [-0.2, -0.15) is 0 Å². The molecule has 13 nitrogen and oxygen atoms in total. The van der Waals surface area contributed by atoms with E-state index in [-0.39, 0.29) is 37.2 Å². The van der Waals surface area contributed by atoms with Gasteiger partial charge in [0.2, 0.25) is 0 Å². The minimum atomic E-state index is -1.81. The number of esters is 2. The van der Waals surface area contributed by atoms with Crippen molar-refractivity contribution < 1.29 is 34.0 Å². The maximum Gasteiger partial charge on any atom is 0.343 e. The van der Waals surface area contributed by atoms with E-state index in [2.05, 4.69) is 0 Å². The standard InChI is InChI=1S/C21H18N2O5.C20H16N2O4/c1-3-21(26)14-8-16-18-11(7-12-15(22-18)5-4-6-17(12)27-2)9-23(16)19(24)13(14)10-28-20(21)25;1-2-20(25)14-8-16-17-12(7-11-5-3-4-6-15(11)21-17)9-22(16)18(23)13(14)10-26-19(20)24/h4-8,26H,3,9-10H2,1-2H3;3-8,25H,2,9-10H2,1H3/t21-;20-/m00/s1. The number of pyridine rings is 4. The number of aromatic nitrogens is 4. The van der Waals surface area contributed by atoms with Crippen molar-refractivity contribution in [2.75, 3.05) is 7.11 Å². The summed E-state index contributed by atoms with van der Waals surface area (Å²) in [5.41, 5.74) is 3.31. The molecule has 0 spiro atoms. The van der Waals surface area contributed by atoms with Crippen LogP contribution in [0.25, 0.3) is 44.6 Å². The third kappa shape index (κ3) is 4.64. The molecule has 0 amide bonds. The summed E-state index contributed by atoms with van der Waals surface area (Å²) < 4.78 is 18.9. The highest BCUT2D eigenvalue weighted by Gasteiger charge is 2.46. The fourth-order valence-corrected chi connectivity index (χ4v) is 8.08. The van der Waals surface area contributed by atoms with Gasteiger partial charge in [0.05, 0.1) is 65.1 Å². The van der Waals surface area contributed by atoms with Gasteiger partial charge in [0.25, 0.3) is 11.1 Å². The summed E-state index contributed by atoms with van der Waals surface area (Å²) in [7, 11) is 1.61. The van der Waals surface area contributed by atoms with Gasteiger partial charge in [0, 0.05) is 33.0 Å². The second-order valence-corrected chi connectivity index (χ2v) is 13.9. The monoisotopic (exact) mass is 726 g/mol. The van der Waals surface area contributed by atoms with Gasteiger partial charge in [0.15, 0.2) is 11.2 Å². The van der Waals surface area contributed by atoms with Crippen molar-refractivity contribution in [3.8, 4) is 28.5 Å². The number of ether oxygens (including phenoxy) is 3. The van der Waals surface area contributed by atoms with Crippen LogP contribution in [0.1, 0.15) is 60.1 Å². The number of carbonyl (C=O) groups excluding carboxylic acids is 2. The first kappa shape index (κ1) is 33.6. The Labute approximate surface area is 307 Å². The first-order valence-electron chi connectivity index (χ1n) is 17.7. The van der Waals surface area contributed by atoms with Crippen LogP contribution in [0.2, 0.25) is 0 Å². The Kier molecular flexibility index (Phi) is 7.42. The van der Waals surface area contributed by atoms with E-state index >= 15 is 0 Å². The van der Waals surface area contributed by atoms with Gasteiger partial charge in [-0.3, -0.25) is 9.59 Å². The number of fused-ring (bicyclic) bond motifs is 10. The second-order valence-electron chi connectivity index (χ2n) is 13.9. The van der Waals surface area contributed by atoms with Crippen LogP contribution in [0, 0.1) is 0 Å². The zero-order chi connectivity index (χ0) is 37.7. The summed E-state index contributed by atoms with van der Waals surface area (Å²) in [6.07, 6.45) is 0.261. The summed E-state index contributed by atoms with van der Waals surface area (Å²) in [6.45, 7) is 3.94. The van der Waals surface area contributed by atoms with Crippen molar-refractivity contribution in [3.63, 3.8) is 0 Å². The molecule has 2 N–H and O–H groups in total. The quantitative estimate of drug-likeness (QED) is 0.251. The molecule has 0 saturated heterocycles.